The number of aryl methyl sites for hydroxylation is 1. The summed E-state index contributed by atoms with van der Waals surface area (Å²) in [5.41, 5.74) is 2.32. The van der Waals surface area contributed by atoms with Crippen molar-refractivity contribution in [2.45, 2.75) is 25.4 Å². The monoisotopic (exact) mass is 371 g/mol. The Hall–Kier alpha value is -3.09. The molecule has 4 nitrogen and oxygen atoms in total. The van der Waals surface area contributed by atoms with E-state index in [9.17, 15) is 18.0 Å². The molecule has 27 heavy (non-hydrogen) atoms. The Morgan fingerprint density at radius 1 is 1.07 bits per heavy atom. The van der Waals surface area contributed by atoms with Gasteiger partial charge in [0, 0.05) is 17.9 Å². The van der Waals surface area contributed by atoms with Gasteiger partial charge in [0.25, 0.3) is 0 Å². The van der Waals surface area contributed by atoms with E-state index in [2.05, 4.69) is 10.4 Å². The number of nitrogens with one attached hydrogen (secondary N) is 1. The molecule has 7 heteroatoms. The molecule has 2 aromatic carbocycles. The minimum absolute atomic E-state index is 0.166. The number of fused-ring (bicyclic) bond motifs is 1. The number of rotatable bonds is 2. The minimum atomic E-state index is -4.39. The number of aromatic nitrogens is 2. The number of anilines is 1. The van der Waals surface area contributed by atoms with Gasteiger partial charge < -0.3 is 5.32 Å². The Balaban J connectivity index is 1.80. The number of benzene rings is 2. The van der Waals surface area contributed by atoms with Crippen molar-refractivity contribution in [2.75, 3.05) is 5.32 Å². The highest BCUT2D eigenvalue weighted by molar-refractivity contribution is 5.95. The number of para-hydroxylation sites is 1. The Bertz CT molecular complexity index is 992. The van der Waals surface area contributed by atoms with Crippen LogP contribution in [0.25, 0.3) is 5.69 Å². The molecule has 3 aromatic rings. The normalized spacial score (nSPS) is 16.7. The van der Waals surface area contributed by atoms with Gasteiger partial charge in [-0.1, -0.05) is 30.3 Å². The number of hydrogen-bond donors (Lipinski definition) is 1. The summed E-state index contributed by atoms with van der Waals surface area (Å²) in [5.74, 6) is 0.0397. The van der Waals surface area contributed by atoms with Crippen LogP contribution in [-0.4, -0.2) is 15.7 Å². The number of amides is 1. The van der Waals surface area contributed by atoms with Crippen molar-refractivity contribution in [3.05, 3.63) is 77.0 Å². The summed E-state index contributed by atoms with van der Waals surface area (Å²) >= 11 is 0. The van der Waals surface area contributed by atoms with Crippen LogP contribution in [0.2, 0.25) is 0 Å². The summed E-state index contributed by atoms with van der Waals surface area (Å²) in [6.07, 6.45) is -4.22. The van der Waals surface area contributed by atoms with Crippen LogP contribution in [0.1, 0.15) is 34.7 Å². The van der Waals surface area contributed by atoms with Gasteiger partial charge in [-0.25, -0.2) is 4.68 Å². The van der Waals surface area contributed by atoms with Gasteiger partial charge in [0.15, 0.2) is 0 Å². The average Bonchev–Trinajstić information content (AvgIpc) is 2.98. The molecule has 0 saturated carbocycles. The van der Waals surface area contributed by atoms with E-state index in [1.165, 1.54) is 12.1 Å². The van der Waals surface area contributed by atoms with Crippen LogP contribution in [0.3, 0.4) is 0 Å². The van der Waals surface area contributed by atoms with Crippen molar-refractivity contribution in [3.63, 3.8) is 0 Å². The van der Waals surface area contributed by atoms with Gasteiger partial charge in [-0.2, -0.15) is 18.3 Å². The molecule has 1 aromatic heterocycles. The molecule has 1 N–H and O–H groups in total. The summed E-state index contributed by atoms with van der Waals surface area (Å²) in [4.78, 5) is 12.3. The van der Waals surface area contributed by atoms with E-state index in [0.29, 0.717) is 11.4 Å². The molecule has 1 aliphatic heterocycles. The highest BCUT2D eigenvalue weighted by Gasteiger charge is 2.34. The maximum absolute atomic E-state index is 12.8. The topological polar surface area (TPSA) is 46.9 Å². The van der Waals surface area contributed by atoms with Crippen LogP contribution in [-0.2, 0) is 11.0 Å². The van der Waals surface area contributed by atoms with E-state index in [1.54, 1.807) is 4.68 Å². The summed E-state index contributed by atoms with van der Waals surface area (Å²) in [7, 11) is 0. The van der Waals surface area contributed by atoms with E-state index in [1.807, 2.05) is 37.3 Å². The zero-order valence-corrected chi connectivity index (χ0v) is 14.4. The molecule has 0 saturated heterocycles. The fourth-order valence-electron chi connectivity index (χ4n) is 3.49. The second-order valence-corrected chi connectivity index (χ2v) is 6.52. The molecule has 0 spiro atoms. The second kappa shape index (κ2) is 6.26. The van der Waals surface area contributed by atoms with Crippen LogP contribution in [0.15, 0.2) is 54.6 Å². The average molecular weight is 371 g/mol. The quantitative estimate of drug-likeness (QED) is 0.711. The fraction of sp³-hybridized carbons (Fsp3) is 0.200. The Morgan fingerprint density at radius 2 is 1.74 bits per heavy atom. The van der Waals surface area contributed by atoms with E-state index in [-0.39, 0.29) is 18.2 Å². The minimum Gasteiger partial charge on any atom is -0.310 e. The van der Waals surface area contributed by atoms with Crippen LogP contribution in [0.5, 0.6) is 0 Å². The summed E-state index contributed by atoms with van der Waals surface area (Å²) in [6.45, 7) is 1.84. The van der Waals surface area contributed by atoms with Crippen molar-refractivity contribution in [2.24, 2.45) is 0 Å². The molecule has 0 radical (unpaired) electrons. The zero-order valence-electron chi connectivity index (χ0n) is 14.4. The van der Waals surface area contributed by atoms with E-state index >= 15 is 0 Å². The van der Waals surface area contributed by atoms with Crippen LogP contribution >= 0.6 is 0 Å². The fourth-order valence-corrected chi connectivity index (χ4v) is 3.49. The number of nitrogens with zero attached hydrogens (tertiary/aromatic N) is 2. The molecule has 2 heterocycles. The first kappa shape index (κ1) is 17.3. The zero-order chi connectivity index (χ0) is 19.2. The second-order valence-electron chi connectivity index (χ2n) is 6.52. The number of carbonyl (C=O) groups excluding carboxylic acids is 1. The van der Waals surface area contributed by atoms with Crippen molar-refractivity contribution < 1.29 is 18.0 Å². The molecule has 0 fully saturated rings. The maximum atomic E-state index is 12.8. The molecular formula is C20H16F3N3O. The summed E-state index contributed by atoms with van der Waals surface area (Å²) in [6, 6.07) is 14.4. The molecule has 0 aliphatic carbocycles. The molecule has 0 bridgehead atoms. The van der Waals surface area contributed by atoms with Crippen molar-refractivity contribution >= 4 is 11.7 Å². The van der Waals surface area contributed by atoms with Gasteiger partial charge in [0.1, 0.15) is 5.82 Å². The van der Waals surface area contributed by atoms with Crippen LogP contribution in [0.4, 0.5) is 19.0 Å². The van der Waals surface area contributed by atoms with E-state index in [0.717, 1.165) is 29.1 Å². The standard InChI is InChI=1S/C20H16F3N3O/c1-12-18-16(13-7-9-14(10-8-13)20(21,22)23)11-17(27)24-19(18)26(25-12)15-5-3-2-4-6-15/h2-10,16H,11H2,1H3,(H,24,27). The first-order chi connectivity index (χ1) is 12.8. The van der Waals surface area contributed by atoms with Crippen molar-refractivity contribution in [3.8, 4) is 5.69 Å². The lowest BCUT2D eigenvalue weighted by molar-refractivity contribution is -0.137. The molecule has 1 atom stereocenters. The lowest BCUT2D eigenvalue weighted by atomic mass is 9.85. The first-order valence-corrected chi connectivity index (χ1v) is 8.46. The predicted molar refractivity (Wildman–Crippen MR) is 94.8 cm³/mol. The molecule has 138 valence electrons. The molecule has 1 amide bonds. The van der Waals surface area contributed by atoms with Gasteiger partial charge in [0.2, 0.25) is 5.91 Å². The third kappa shape index (κ3) is 3.09. The van der Waals surface area contributed by atoms with Gasteiger partial charge >= 0.3 is 6.18 Å². The maximum Gasteiger partial charge on any atom is 0.416 e. The molecule has 1 aliphatic rings. The Morgan fingerprint density at radius 3 is 2.37 bits per heavy atom. The number of alkyl halides is 3. The largest absolute Gasteiger partial charge is 0.416 e. The number of halogens is 3. The van der Waals surface area contributed by atoms with Gasteiger partial charge in [-0.15, -0.1) is 0 Å². The highest BCUT2D eigenvalue weighted by atomic mass is 19.4. The third-order valence-corrected chi connectivity index (χ3v) is 4.74. The van der Waals surface area contributed by atoms with Gasteiger partial charge in [0.05, 0.1) is 16.9 Å². The smallest absolute Gasteiger partial charge is 0.310 e. The van der Waals surface area contributed by atoms with Crippen LogP contribution < -0.4 is 5.32 Å². The van der Waals surface area contributed by atoms with E-state index in [4.69, 9.17) is 0 Å². The number of hydrogen-bond acceptors (Lipinski definition) is 2. The summed E-state index contributed by atoms with van der Waals surface area (Å²) < 4.78 is 40.2. The van der Waals surface area contributed by atoms with Gasteiger partial charge in [-0.3, -0.25) is 4.79 Å². The first-order valence-electron chi connectivity index (χ1n) is 8.46. The Kier molecular flexibility index (Phi) is 4.02. The summed E-state index contributed by atoms with van der Waals surface area (Å²) in [5, 5.41) is 7.42. The van der Waals surface area contributed by atoms with Crippen molar-refractivity contribution in [1.29, 1.82) is 0 Å². The molecule has 4 rings (SSSR count). The van der Waals surface area contributed by atoms with E-state index < -0.39 is 11.7 Å². The SMILES string of the molecule is Cc1nn(-c2ccccc2)c2c1C(c1ccc(C(F)(F)F)cc1)CC(=O)N2. The number of carbonyl (C=O) groups is 1. The predicted octanol–water partition coefficient (Wildman–Crippen LogP) is 4.67. The Labute approximate surface area is 153 Å². The lowest BCUT2D eigenvalue weighted by Gasteiger charge is -2.24. The van der Waals surface area contributed by atoms with Crippen LogP contribution in [0, 0.1) is 6.92 Å². The van der Waals surface area contributed by atoms with Gasteiger partial charge in [-0.05, 0) is 36.8 Å². The lowest BCUT2D eigenvalue weighted by Crippen LogP contribution is -2.25. The molecule has 1 unspecified atom stereocenters. The third-order valence-electron chi connectivity index (χ3n) is 4.74. The molecular weight excluding hydrogens is 355 g/mol. The highest BCUT2D eigenvalue weighted by Crippen LogP contribution is 2.41. The van der Waals surface area contributed by atoms with Crippen molar-refractivity contribution in [1.82, 2.24) is 9.78 Å².